The largest absolute Gasteiger partial charge is 0.504 e. The number of carbonyl (C=O) groups is 2. The number of ether oxygens (including phenoxy) is 3. The molecule has 0 saturated heterocycles. The smallest absolute Gasteiger partial charge is 0.161 e. The fraction of sp³-hybridized carbons (Fsp3) is 0.235. The summed E-state index contributed by atoms with van der Waals surface area (Å²) < 4.78 is 15.2. The molecule has 45 heavy (non-hydrogen) atoms. The molecule has 3 N–H and O–H groups in total. The summed E-state index contributed by atoms with van der Waals surface area (Å²) in [5, 5.41) is 29.2. The number of allylic oxidation sites excluding steroid dienone is 3. The van der Waals surface area contributed by atoms with E-state index in [1.54, 1.807) is 25.1 Å². The van der Waals surface area contributed by atoms with Crippen LogP contribution in [0.1, 0.15) is 52.0 Å². The second-order valence-electron chi connectivity index (χ2n) is 9.43. The maximum Gasteiger partial charge on any atom is 0.161 e. The van der Waals surface area contributed by atoms with Crippen LogP contribution in [0.4, 0.5) is 0 Å². The normalized spacial score (nSPS) is 9.60. The maximum absolute atomic E-state index is 10.4. The van der Waals surface area contributed by atoms with Crippen LogP contribution in [0.2, 0.25) is 0 Å². The van der Waals surface area contributed by atoms with Crippen LogP contribution in [0.5, 0.6) is 34.5 Å². The molecule has 0 fully saturated rings. The predicted octanol–water partition coefficient (Wildman–Crippen LogP) is 7.12. The number of rotatable bonds is 8. The van der Waals surface area contributed by atoms with Crippen LogP contribution in [0.3, 0.4) is 0 Å². The van der Waals surface area contributed by atoms with E-state index in [9.17, 15) is 24.9 Å². The molecular formula is C34H40O8Y3. The molecule has 3 aromatic rings. The fourth-order valence-corrected chi connectivity index (χ4v) is 3.51. The van der Waals surface area contributed by atoms with Gasteiger partial charge in [-0.05, 0) is 104 Å². The van der Waals surface area contributed by atoms with Gasteiger partial charge >= 0.3 is 0 Å². The SMILES string of the molecule is C=C(/C=C/c1cc(C)c(O)c(OC)c1)/C=C/c1cc(C)c(O)c(OC)c1.CC(C)=O.COc1cc(C=O)cc(C)c1O.[Y].[Y].[Y]. The zero-order chi connectivity index (χ0) is 32.0. The van der Waals surface area contributed by atoms with E-state index in [4.69, 9.17) is 14.2 Å². The molecule has 0 amide bonds. The average molecular weight is 843 g/mol. The molecule has 0 atom stereocenters. The molecule has 3 radical (unpaired) electrons. The van der Waals surface area contributed by atoms with Crippen LogP contribution < -0.4 is 14.2 Å². The first-order valence-electron chi connectivity index (χ1n) is 12.9. The van der Waals surface area contributed by atoms with E-state index in [-0.39, 0.29) is 121 Å². The zero-order valence-corrected chi connectivity index (χ0v) is 35.7. The maximum atomic E-state index is 10.4. The number of phenolic OH excluding ortho intramolecular Hbond substituents is 3. The van der Waals surface area contributed by atoms with Gasteiger partial charge in [0.15, 0.2) is 34.5 Å². The van der Waals surface area contributed by atoms with Gasteiger partial charge in [-0.2, -0.15) is 0 Å². The van der Waals surface area contributed by atoms with Crippen molar-refractivity contribution < 1.29 is 137 Å². The van der Waals surface area contributed by atoms with Crippen molar-refractivity contribution in [1.29, 1.82) is 0 Å². The average Bonchev–Trinajstić information content (AvgIpc) is 2.95. The third-order valence-corrected chi connectivity index (χ3v) is 5.64. The van der Waals surface area contributed by atoms with Crippen molar-refractivity contribution in [1.82, 2.24) is 0 Å². The number of methoxy groups -OCH3 is 3. The Morgan fingerprint density at radius 1 is 0.622 bits per heavy atom. The molecular weight excluding hydrogens is 803 g/mol. The van der Waals surface area contributed by atoms with Gasteiger partial charge in [0.1, 0.15) is 12.1 Å². The number of ketones is 1. The Balaban J connectivity index is -0.000000780. The van der Waals surface area contributed by atoms with Gasteiger partial charge in [-0.1, -0.05) is 30.9 Å². The van der Waals surface area contributed by atoms with Crippen LogP contribution in [-0.2, 0) is 103 Å². The number of Topliss-reactive ketones (excluding diaryl/α,β-unsaturated/α-hetero) is 1. The Labute approximate surface area is 342 Å². The molecule has 0 spiro atoms. The van der Waals surface area contributed by atoms with Crippen molar-refractivity contribution in [3.8, 4) is 34.5 Å². The topological polar surface area (TPSA) is 123 Å². The van der Waals surface area contributed by atoms with Gasteiger partial charge in [0.05, 0.1) is 21.3 Å². The molecule has 233 valence electrons. The Morgan fingerprint density at radius 3 is 1.16 bits per heavy atom. The summed E-state index contributed by atoms with van der Waals surface area (Å²) in [5.74, 6) is 1.77. The molecule has 0 bridgehead atoms. The number of aromatic hydroxyl groups is 3. The summed E-state index contributed by atoms with van der Waals surface area (Å²) in [6.45, 7) is 12.4. The number of aldehydes is 1. The molecule has 0 aliphatic heterocycles. The standard InChI is InChI=1S/C22H24O4.C9H10O3.C3H6O.3Y/c1-14(6-8-17-10-15(2)21(23)19(12-17)25-4)7-9-18-11-16(3)22(24)20(13-18)26-5;1-6-3-7(5-10)4-8(12-2)9(6)11;1-3(2)4;;;/h6-13,23-24H,1H2,2-5H3;3-5,11H,1-2H3;1-2H3;;;/b8-6+,9-7+;;;;;. The van der Waals surface area contributed by atoms with Crippen LogP contribution in [0.15, 0.2) is 60.7 Å². The summed E-state index contributed by atoms with van der Waals surface area (Å²) in [4.78, 5) is 19.8. The van der Waals surface area contributed by atoms with Gasteiger partial charge in [-0.15, -0.1) is 0 Å². The van der Waals surface area contributed by atoms with Gasteiger partial charge in [-0.25, -0.2) is 0 Å². The molecule has 8 nitrogen and oxygen atoms in total. The number of carbonyl (C=O) groups excluding carboxylic acids is 2. The van der Waals surface area contributed by atoms with Crippen molar-refractivity contribution in [2.24, 2.45) is 0 Å². The van der Waals surface area contributed by atoms with Crippen LogP contribution in [0.25, 0.3) is 12.2 Å². The summed E-state index contributed by atoms with van der Waals surface area (Å²) in [6, 6.07) is 10.4. The van der Waals surface area contributed by atoms with Crippen molar-refractivity contribution in [3.63, 3.8) is 0 Å². The number of hydrogen-bond donors (Lipinski definition) is 3. The second-order valence-corrected chi connectivity index (χ2v) is 9.43. The van der Waals surface area contributed by atoms with E-state index in [0.29, 0.717) is 28.4 Å². The molecule has 3 rings (SSSR count). The predicted molar refractivity (Wildman–Crippen MR) is 167 cm³/mol. The first-order valence-corrected chi connectivity index (χ1v) is 12.9. The zero-order valence-electron chi connectivity index (χ0n) is 27.2. The minimum atomic E-state index is 0. The molecule has 0 heterocycles. The Morgan fingerprint density at radius 2 is 0.889 bits per heavy atom. The molecule has 0 aromatic heterocycles. The molecule has 0 saturated carbocycles. The summed E-state index contributed by atoms with van der Waals surface area (Å²) >= 11 is 0. The van der Waals surface area contributed by atoms with Crippen LogP contribution in [0, 0.1) is 20.8 Å². The van der Waals surface area contributed by atoms with Crippen molar-refractivity contribution in [2.45, 2.75) is 34.6 Å². The third-order valence-electron chi connectivity index (χ3n) is 5.64. The second kappa shape index (κ2) is 24.5. The quantitative estimate of drug-likeness (QED) is 0.162. The van der Waals surface area contributed by atoms with E-state index in [2.05, 4.69) is 6.58 Å². The summed E-state index contributed by atoms with van der Waals surface area (Å²) in [5.41, 5.74) is 5.26. The Hall–Kier alpha value is -1.67. The van der Waals surface area contributed by atoms with Gasteiger partial charge in [-0.3, -0.25) is 4.79 Å². The van der Waals surface area contributed by atoms with Crippen molar-refractivity contribution in [2.75, 3.05) is 21.3 Å². The summed E-state index contributed by atoms with van der Waals surface area (Å²) in [7, 11) is 4.50. The Kier molecular flexibility index (Phi) is 26.0. The molecule has 11 heteroatoms. The number of benzene rings is 3. The van der Waals surface area contributed by atoms with Gasteiger partial charge in [0, 0.05) is 104 Å². The van der Waals surface area contributed by atoms with E-state index >= 15 is 0 Å². The molecule has 0 aliphatic rings. The minimum absolute atomic E-state index is 0. The third kappa shape index (κ3) is 16.6. The number of phenols is 3. The fourth-order valence-electron chi connectivity index (χ4n) is 3.51. The van der Waals surface area contributed by atoms with E-state index < -0.39 is 0 Å². The summed E-state index contributed by atoms with van der Waals surface area (Å²) in [6.07, 6.45) is 8.29. The number of hydrogen-bond acceptors (Lipinski definition) is 8. The first kappa shape index (κ1) is 47.7. The molecule has 0 unspecified atom stereocenters. The van der Waals surface area contributed by atoms with Crippen molar-refractivity contribution in [3.05, 3.63) is 94.1 Å². The van der Waals surface area contributed by atoms with Crippen molar-refractivity contribution >= 4 is 24.2 Å². The minimum Gasteiger partial charge on any atom is -0.504 e. The van der Waals surface area contributed by atoms with Gasteiger partial charge < -0.3 is 34.3 Å². The number of aryl methyl sites for hydroxylation is 3. The van der Waals surface area contributed by atoms with E-state index in [1.807, 2.05) is 50.3 Å². The molecule has 3 aromatic carbocycles. The van der Waals surface area contributed by atoms with E-state index in [0.717, 1.165) is 34.1 Å². The first-order chi connectivity index (χ1) is 19.8. The van der Waals surface area contributed by atoms with Gasteiger partial charge in [0.25, 0.3) is 0 Å². The van der Waals surface area contributed by atoms with Crippen LogP contribution >= 0.6 is 0 Å². The monoisotopic (exact) mass is 843 g/mol. The van der Waals surface area contributed by atoms with Gasteiger partial charge in [0.2, 0.25) is 0 Å². The Bertz CT molecular complexity index is 1410. The molecule has 0 aliphatic carbocycles. The van der Waals surface area contributed by atoms with E-state index in [1.165, 1.54) is 41.2 Å². The van der Waals surface area contributed by atoms with Crippen LogP contribution in [-0.4, -0.2) is 48.7 Å².